The van der Waals surface area contributed by atoms with E-state index in [-0.39, 0.29) is 5.91 Å². The van der Waals surface area contributed by atoms with E-state index in [1.54, 1.807) is 0 Å². The Kier molecular flexibility index (Phi) is 6.67. The Hall–Kier alpha value is -2.33. The van der Waals surface area contributed by atoms with Crippen LogP contribution in [0, 0.1) is 5.92 Å². The van der Waals surface area contributed by atoms with Crippen molar-refractivity contribution in [2.45, 2.75) is 25.9 Å². The average Bonchev–Trinajstić information content (AvgIpc) is 2.69. The second kappa shape index (κ2) is 9.39. The van der Waals surface area contributed by atoms with Crippen molar-refractivity contribution in [3.63, 3.8) is 0 Å². The summed E-state index contributed by atoms with van der Waals surface area (Å²) in [7, 11) is 2.17. The number of nitrogens with zero attached hydrogens (tertiary/aromatic N) is 1. The highest BCUT2D eigenvalue weighted by atomic mass is 16.5. The van der Waals surface area contributed by atoms with E-state index in [0.29, 0.717) is 12.2 Å². The van der Waals surface area contributed by atoms with Gasteiger partial charge in [0.25, 0.3) is 5.91 Å². The van der Waals surface area contributed by atoms with Crippen LogP contribution in [0.1, 0.15) is 35.2 Å². The summed E-state index contributed by atoms with van der Waals surface area (Å²) in [5, 5.41) is 3.05. The molecule has 0 aliphatic carbocycles. The van der Waals surface area contributed by atoms with E-state index in [9.17, 15) is 4.79 Å². The third-order valence-electron chi connectivity index (χ3n) is 5.02. The van der Waals surface area contributed by atoms with E-state index in [2.05, 4.69) is 17.3 Å². The molecule has 2 aromatic rings. The Morgan fingerprint density at radius 3 is 2.65 bits per heavy atom. The van der Waals surface area contributed by atoms with Crippen molar-refractivity contribution >= 4 is 5.91 Å². The number of nitrogens with one attached hydrogen (secondary N) is 1. The Morgan fingerprint density at radius 1 is 1.12 bits per heavy atom. The van der Waals surface area contributed by atoms with Crippen molar-refractivity contribution < 1.29 is 9.53 Å². The van der Waals surface area contributed by atoms with Gasteiger partial charge >= 0.3 is 0 Å². The number of hydrogen-bond acceptors (Lipinski definition) is 3. The number of amides is 1. The standard InChI is InChI=1S/C22H28N2O2/c1-24-14-11-18(12-15-24)10-13-23-22(25)20-8-5-9-21(16-20)26-17-19-6-3-2-4-7-19/h2-9,16,18H,10-15,17H2,1H3,(H,23,25). The fourth-order valence-electron chi connectivity index (χ4n) is 3.31. The normalized spacial score (nSPS) is 15.6. The lowest BCUT2D eigenvalue weighted by molar-refractivity contribution is 0.0948. The first-order valence-electron chi connectivity index (χ1n) is 9.44. The van der Waals surface area contributed by atoms with Gasteiger partial charge < -0.3 is 15.0 Å². The van der Waals surface area contributed by atoms with Crippen LogP contribution in [0.25, 0.3) is 0 Å². The lowest BCUT2D eigenvalue weighted by Gasteiger charge is -2.28. The smallest absolute Gasteiger partial charge is 0.251 e. The number of carbonyl (C=O) groups excluding carboxylic acids is 1. The molecule has 1 saturated heterocycles. The van der Waals surface area contributed by atoms with Gasteiger partial charge in [-0.05, 0) is 69.1 Å². The van der Waals surface area contributed by atoms with Gasteiger partial charge in [-0.1, -0.05) is 36.4 Å². The molecule has 1 aliphatic heterocycles. The number of carbonyl (C=O) groups is 1. The largest absolute Gasteiger partial charge is 0.489 e. The topological polar surface area (TPSA) is 41.6 Å². The van der Waals surface area contributed by atoms with Crippen LogP contribution in [0.3, 0.4) is 0 Å². The molecule has 1 N–H and O–H groups in total. The van der Waals surface area contributed by atoms with Gasteiger partial charge in [0.2, 0.25) is 0 Å². The van der Waals surface area contributed by atoms with Crippen LogP contribution in [-0.2, 0) is 6.61 Å². The molecule has 3 rings (SSSR count). The molecule has 1 fully saturated rings. The van der Waals surface area contributed by atoms with Crippen molar-refractivity contribution in [3.8, 4) is 5.75 Å². The minimum Gasteiger partial charge on any atom is -0.489 e. The van der Waals surface area contributed by atoms with Crippen LogP contribution >= 0.6 is 0 Å². The van der Waals surface area contributed by atoms with E-state index < -0.39 is 0 Å². The molecule has 1 amide bonds. The predicted molar refractivity (Wildman–Crippen MR) is 104 cm³/mol. The highest BCUT2D eigenvalue weighted by Gasteiger charge is 2.16. The lowest BCUT2D eigenvalue weighted by Crippen LogP contribution is -2.32. The molecule has 0 atom stereocenters. The summed E-state index contributed by atoms with van der Waals surface area (Å²) < 4.78 is 5.81. The molecule has 0 saturated carbocycles. The average molecular weight is 352 g/mol. The van der Waals surface area contributed by atoms with Crippen molar-refractivity contribution in [2.75, 3.05) is 26.7 Å². The predicted octanol–water partition coefficient (Wildman–Crippen LogP) is 3.73. The molecule has 138 valence electrons. The maximum absolute atomic E-state index is 12.4. The maximum atomic E-state index is 12.4. The van der Waals surface area contributed by atoms with Gasteiger partial charge in [-0.15, -0.1) is 0 Å². The summed E-state index contributed by atoms with van der Waals surface area (Å²) in [5.41, 5.74) is 1.76. The van der Waals surface area contributed by atoms with Crippen molar-refractivity contribution in [1.29, 1.82) is 0 Å². The summed E-state index contributed by atoms with van der Waals surface area (Å²) in [6.07, 6.45) is 3.52. The molecule has 1 aliphatic rings. The van der Waals surface area contributed by atoms with Crippen molar-refractivity contribution in [3.05, 3.63) is 65.7 Å². The number of piperidine rings is 1. The Morgan fingerprint density at radius 2 is 1.88 bits per heavy atom. The molecule has 26 heavy (non-hydrogen) atoms. The minimum absolute atomic E-state index is 0.0249. The minimum atomic E-state index is -0.0249. The first-order chi connectivity index (χ1) is 12.7. The molecule has 0 aromatic heterocycles. The van der Waals surface area contributed by atoms with Gasteiger partial charge in [-0.2, -0.15) is 0 Å². The van der Waals surface area contributed by atoms with Crippen LogP contribution in [0.5, 0.6) is 5.75 Å². The Labute approximate surface area is 156 Å². The Bertz CT molecular complexity index is 694. The van der Waals surface area contributed by atoms with E-state index >= 15 is 0 Å². The van der Waals surface area contributed by atoms with Crippen molar-refractivity contribution in [2.24, 2.45) is 5.92 Å². The van der Waals surface area contributed by atoms with E-state index in [1.807, 2.05) is 54.6 Å². The zero-order chi connectivity index (χ0) is 18.2. The monoisotopic (exact) mass is 352 g/mol. The number of hydrogen-bond donors (Lipinski definition) is 1. The van der Waals surface area contributed by atoms with Crippen LogP contribution in [-0.4, -0.2) is 37.5 Å². The Balaban J connectivity index is 1.45. The molecular weight excluding hydrogens is 324 g/mol. The van der Waals surface area contributed by atoms with Gasteiger partial charge in [-0.3, -0.25) is 4.79 Å². The SMILES string of the molecule is CN1CCC(CCNC(=O)c2cccc(OCc3ccccc3)c2)CC1. The molecule has 2 aromatic carbocycles. The first kappa shape index (κ1) is 18.5. The van der Waals surface area contributed by atoms with Gasteiger partial charge in [0.15, 0.2) is 0 Å². The second-order valence-electron chi connectivity index (χ2n) is 7.09. The van der Waals surface area contributed by atoms with Crippen LogP contribution in [0.15, 0.2) is 54.6 Å². The lowest BCUT2D eigenvalue weighted by atomic mass is 9.94. The molecular formula is C22H28N2O2. The van der Waals surface area contributed by atoms with Gasteiger partial charge in [0.05, 0.1) is 0 Å². The summed E-state index contributed by atoms with van der Waals surface area (Å²) in [4.78, 5) is 14.8. The van der Waals surface area contributed by atoms with E-state index in [4.69, 9.17) is 4.74 Å². The van der Waals surface area contributed by atoms with Gasteiger partial charge in [-0.25, -0.2) is 0 Å². The molecule has 4 nitrogen and oxygen atoms in total. The van der Waals surface area contributed by atoms with Gasteiger partial charge in [0.1, 0.15) is 12.4 Å². The van der Waals surface area contributed by atoms with Crippen LogP contribution in [0.4, 0.5) is 0 Å². The first-order valence-corrected chi connectivity index (χ1v) is 9.44. The summed E-state index contributed by atoms with van der Waals surface area (Å²) in [6, 6.07) is 17.4. The molecule has 0 unspecified atom stereocenters. The maximum Gasteiger partial charge on any atom is 0.251 e. The van der Waals surface area contributed by atoms with Crippen LogP contribution < -0.4 is 10.1 Å². The molecule has 0 spiro atoms. The van der Waals surface area contributed by atoms with E-state index in [1.165, 1.54) is 25.9 Å². The van der Waals surface area contributed by atoms with Gasteiger partial charge in [0, 0.05) is 12.1 Å². The summed E-state index contributed by atoms with van der Waals surface area (Å²) >= 11 is 0. The number of ether oxygens (including phenoxy) is 1. The fourth-order valence-corrected chi connectivity index (χ4v) is 3.31. The number of benzene rings is 2. The second-order valence-corrected chi connectivity index (χ2v) is 7.09. The fraction of sp³-hybridized carbons (Fsp3) is 0.409. The third kappa shape index (κ3) is 5.60. The molecule has 0 radical (unpaired) electrons. The third-order valence-corrected chi connectivity index (χ3v) is 5.02. The van der Waals surface area contributed by atoms with E-state index in [0.717, 1.165) is 30.2 Å². The van der Waals surface area contributed by atoms with Crippen LogP contribution in [0.2, 0.25) is 0 Å². The summed E-state index contributed by atoms with van der Waals surface area (Å²) in [5.74, 6) is 1.42. The highest BCUT2D eigenvalue weighted by molar-refractivity contribution is 5.94. The summed E-state index contributed by atoms with van der Waals surface area (Å²) in [6.45, 7) is 3.57. The number of likely N-dealkylation sites (tertiary alicyclic amines) is 1. The zero-order valence-corrected chi connectivity index (χ0v) is 15.5. The zero-order valence-electron chi connectivity index (χ0n) is 15.5. The molecule has 4 heteroatoms. The quantitative estimate of drug-likeness (QED) is 0.826. The number of rotatable bonds is 7. The molecule has 1 heterocycles. The molecule has 0 bridgehead atoms. The van der Waals surface area contributed by atoms with Crippen molar-refractivity contribution in [1.82, 2.24) is 10.2 Å². The highest BCUT2D eigenvalue weighted by Crippen LogP contribution is 2.19.